The average molecular weight is 393 g/mol. The van der Waals surface area contributed by atoms with E-state index in [2.05, 4.69) is 10.0 Å². The Morgan fingerprint density at radius 1 is 1.12 bits per heavy atom. The summed E-state index contributed by atoms with van der Waals surface area (Å²) in [5, 5.41) is 2.69. The van der Waals surface area contributed by atoms with Crippen molar-refractivity contribution in [3.63, 3.8) is 0 Å². The fourth-order valence-corrected chi connectivity index (χ4v) is 4.51. The molecule has 1 atom stereocenters. The summed E-state index contributed by atoms with van der Waals surface area (Å²) in [5.74, 6) is -0.244. The molecule has 0 heterocycles. The molecule has 0 bridgehead atoms. The van der Waals surface area contributed by atoms with Crippen LogP contribution in [0.1, 0.15) is 36.6 Å². The lowest BCUT2D eigenvalue weighted by atomic mass is 10.0. The first kappa shape index (κ1) is 20.5. The molecule has 0 aliphatic carbocycles. The predicted molar refractivity (Wildman–Crippen MR) is 107 cm³/mol. The van der Waals surface area contributed by atoms with Gasteiger partial charge < -0.3 is 5.32 Å². The van der Waals surface area contributed by atoms with E-state index in [0.29, 0.717) is 5.69 Å². The average Bonchev–Trinajstić information content (AvgIpc) is 2.56. The topological polar surface area (TPSA) is 75.3 Å². The van der Waals surface area contributed by atoms with Gasteiger partial charge >= 0.3 is 0 Å². The van der Waals surface area contributed by atoms with Gasteiger partial charge in [0.05, 0.1) is 10.6 Å². The molecule has 2 N–H and O–H groups in total. The van der Waals surface area contributed by atoms with E-state index in [4.69, 9.17) is 0 Å². The van der Waals surface area contributed by atoms with Crippen LogP contribution in [0.15, 0.2) is 46.2 Å². The highest BCUT2D eigenvalue weighted by atomic mass is 32.2. The molecule has 5 nitrogen and oxygen atoms in total. The fourth-order valence-electron chi connectivity index (χ4n) is 2.73. The Labute approximate surface area is 159 Å². The molecule has 0 unspecified atom stereocenters. The van der Waals surface area contributed by atoms with Gasteiger partial charge in [-0.15, -0.1) is 11.8 Å². The molecule has 2 rings (SSSR count). The number of sulfonamides is 1. The molecule has 26 heavy (non-hydrogen) atoms. The molecule has 0 saturated heterocycles. The van der Waals surface area contributed by atoms with Gasteiger partial charge in [-0.25, -0.2) is 13.1 Å². The van der Waals surface area contributed by atoms with Crippen LogP contribution in [-0.4, -0.2) is 20.6 Å². The largest absolute Gasteiger partial charge is 0.325 e. The van der Waals surface area contributed by atoms with Gasteiger partial charge in [-0.3, -0.25) is 4.79 Å². The summed E-state index contributed by atoms with van der Waals surface area (Å²) in [6, 6.07) is 10.3. The summed E-state index contributed by atoms with van der Waals surface area (Å²) in [6.45, 7) is 7.16. The van der Waals surface area contributed by atoms with Gasteiger partial charge in [-0.1, -0.05) is 23.8 Å². The Kier molecular flexibility index (Phi) is 6.49. The zero-order chi connectivity index (χ0) is 19.5. The third-order valence-corrected chi connectivity index (χ3v) is 6.36. The van der Waals surface area contributed by atoms with E-state index in [0.717, 1.165) is 21.6 Å². The Morgan fingerprint density at radius 2 is 1.81 bits per heavy atom. The minimum atomic E-state index is -3.73. The first-order valence-corrected chi connectivity index (χ1v) is 10.9. The maximum Gasteiger partial charge on any atom is 0.241 e. The monoisotopic (exact) mass is 392 g/mol. The Morgan fingerprint density at radius 3 is 2.42 bits per heavy atom. The van der Waals surface area contributed by atoms with Crippen LogP contribution in [0.4, 0.5) is 5.69 Å². The maximum atomic E-state index is 12.8. The van der Waals surface area contributed by atoms with Crippen molar-refractivity contribution in [2.75, 3.05) is 11.6 Å². The molecule has 2 aromatic carbocycles. The van der Waals surface area contributed by atoms with Crippen LogP contribution in [-0.2, 0) is 14.8 Å². The number of rotatable bonds is 6. The van der Waals surface area contributed by atoms with Crippen molar-refractivity contribution in [2.24, 2.45) is 0 Å². The number of hydrogen-bond acceptors (Lipinski definition) is 4. The van der Waals surface area contributed by atoms with Crippen molar-refractivity contribution < 1.29 is 13.2 Å². The van der Waals surface area contributed by atoms with Crippen molar-refractivity contribution in [1.82, 2.24) is 4.72 Å². The third kappa shape index (κ3) is 4.87. The van der Waals surface area contributed by atoms with E-state index in [1.807, 2.05) is 45.2 Å². The second-order valence-corrected chi connectivity index (χ2v) is 8.81. The Bertz CT molecular complexity index is 924. The summed E-state index contributed by atoms with van der Waals surface area (Å²) in [6.07, 6.45) is 1.87. The van der Waals surface area contributed by atoms with Crippen LogP contribution in [0.3, 0.4) is 0 Å². The molecule has 2 aromatic rings. The van der Waals surface area contributed by atoms with Gasteiger partial charge in [0.1, 0.15) is 0 Å². The molecule has 0 radical (unpaired) electrons. The van der Waals surface area contributed by atoms with Gasteiger partial charge in [0, 0.05) is 17.9 Å². The minimum Gasteiger partial charge on any atom is -0.325 e. The fraction of sp³-hybridized carbons (Fsp3) is 0.316. The summed E-state index contributed by atoms with van der Waals surface area (Å²) in [7, 11) is -3.73. The van der Waals surface area contributed by atoms with Crippen LogP contribution < -0.4 is 10.0 Å². The van der Waals surface area contributed by atoms with Gasteiger partial charge in [-0.05, 0) is 56.4 Å². The number of hydrogen-bond donors (Lipinski definition) is 2. The van der Waals surface area contributed by atoms with Crippen LogP contribution in [0.25, 0.3) is 0 Å². The van der Waals surface area contributed by atoms with Crippen LogP contribution in [0, 0.1) is 13.8 Å². The van der Waals surface area contributed by atoms with Crippen LogP contribution in [0.5, 0.6) is 0 Å². The highest BCUT2D eigenvalue weighted by Gasteiger charge is 2.21. The summed E-state index contributed by atoms with van der Waals surface area (Å²) in [5.41, 5.74) is 3.54. The number of carbonyl (C=O) groups is 1. The first-order valence-electron chi connectivity index (χ1n) is 8.19. The van der Waals surface area contributed by atoms with E-state index in [9.17, 15) is 13.2 Å². The normalized spacial score (nSPS) is 12.7. The van der Waals surface area contributed by atoms with E-state index in [-0.39, 0.29) is 16.8 Å². The van der Waals surface area contributed by atoms with Crippen molar-refractivity contribution in [2.45, 2.75) is 43.5 Å². The lowest BCUT2D eigenvalue weighted by molar-refractivity contribution is -0.114. The SMILES string of the molecule is CSc1ccc(S(=O)(=O)N[C@H](C)c2cc(C)ccc2C)cc1NC(C)=O. The van der Waals surface area contributed by atoms with Crippen LogP contribution >= 0.6 is 11.8 Å². The molecule has 1 amide bonds. The molecular weight excluding hydrogens is 368 g/mol. The van der Waals surface area contributed by atoms with E-state index in [1.165, 1.54) is 24.8 Å². The molecule has 0 spiro atoms. The van der Waals surface area contributed by atoms with Gasteiger partial charge in [0.15, 0.2) is 0 Å². The molecular formula is C19H24N2O3S2. The standard InChI is InChI=1S/C19H24N2O3S2/c1-12-6-7-13(2)17(10-12)14(3)21-26(23,24)16-8-9-19(25-5)18(11-16)20-15(4)22/h6-11,14,21H,1-5H3,(H,20,22)/t14-/m1/s1. The number of benzene rings is 2. The maximum absolute atomic E-state index is 12.8. The van der Waals surface area contributed by atoms with Gasteiger partial charge in [-0.2, -0.15) is 0 Å². The Balaban J connectivity index is 2.35. The molecule has 0 aromatic heterocycles. The Hall–Kier alpha value is -1.83. The smallest absolute Gasteiger partial charge is 0.241 e. The number of thioether (sulfide) groups is 1. The highest BCUT2D eigenvalue weighted by Crippen LogP contribution is 2.29. The third-order valence-electron chi connectivity index (χ3n) is 4.03. The van der Waals surface area contributed by atoms with Crippen molar-refractivity contribution in [1.29, 1.82) is 0 Å². The number of anilines is 1. The van der Waals surface area contributed by atoms with E-state index in [1.54, 1.807) is 12.1 Å². The summed E-state index contributed by atoms with van der Waals surface area (Å²) >= 11 is 1.44. The second kappa shape index (κ2) is 8.24. The molecule has 0 aliphatic heterocycles. The molecule has 0 fully saturated rings. The lowest BCUT2D eigenvalue weighted by Gasteiger charge is -2.18. The number of nitrogens with one attached hydrogen (secondary N) is 2. The first-order chi connectivity index (χ1) is 12.1. The van der Waals surface area contributed by atoms with Crippen LogP contribution in [0.2, 0.25) is 0 Å². The molecule has 140 valence electrons. The predicted octanol–water partition coefficient (Wildman–Crippen LogP) is 4.02. The van der Waals surface area contributed by atoms with Gasteiger partial charge in [0.2, 0.25) is 15.9 Å². The van der Waals surface area contributed by atoms with Crippen molar-refractivity contribution in [3.8, 4) is 0 Å². The quantitative estimate of drug-likeness (QED) is 0.728. The molecule has 7 heteroatoms. The van der Waals surface area contributed by atoms with Crippen molar-refractivity contribution in [3.05, 3.63) is 53.1 Å². The summed E-state index contributed by atoms with van der Waals surface area (Å²) in [4.78, 5) is 12.3. The van der Waals surface area contributed by atoms with E-state index < -0.39 is 10.0 Å². The van der Waals surface area contributed by atoms with Crippen molar-refractivity contribution >= 4 is 33.4 Å². The minimum absolute atomic E-state index is 0.121. The zero-order valence-electron chi connectivity index (χ0n) is 15.6. The number of carbonyl (C=O) groups excluding carboxylic acids is 1. The second-order valence-electron chi connectivity index (χ2n) is 6.25. The molecule has 0 saturated carbocycles. The molecule has 0 aliphatic rings. The zero-order valence-corrected chi connectivity index (χ0v) is 17.2. The highest BCUT2D eigenvalue weighted by molar-refractivity contribution is 7.98. The van der Waals surface area contributed by atoms with E-state index >= 15 is 0 Å². The summed E-state index contributed by atoms with van der Waals surface area (Å²) < 4.78 is 28.4. The lowest BCUT2D eigenvalue weighted by Crippen LogP contribution is -2.27. The number of amides is 1. The van der Waals surface area contributed by atoms with Gasteiger partial charge in [0.25, 0.3) is 0 Å². The number of aryl methyl sites for hydroxylation is 2.